The van der Waals surface area contributed by atoms with Crippen LogP contribution < -0.4 is 10.6 Å². The third-order valence-corrected chi connectivity index (χ3v) is 2.18. The Morgan fingerprint density at radius 3 is 2.35 bits per heavy atom. The van der Waals surface area contributed by atoms with Crippen molar-refractivity contribution < 1.29 is 19.5 Å². The molecule has 7 nitrogen and oxygen atoms in total. The number of hydrogen-bond acceptors (Lipinski definition) is 3. The molecule has 0 heterocycles. The molecule has 0 rings (SSSR count). The number of aliphatic carboxylic acids is 1. The molecule has 0 aliphatic heterocycles. The second-order valence-electron chi connectivity index (χ2n) is 3.66. The van der Waals surface area contributed by atoms with Gasteiger partial charge in [0.15, 0.2) is 0 Å². The van der Waals surface area contributed by atoms with Gasteiger partial charge in [0.25, 0.3) is 0 Å². The Bertz CT molecular complexity index is 293. The Hall–Kier alpha value is -1.79. The van der Waals surface area contributed by atoms with Crippen LogP contribution in [0.15, 0.2) is 0 Å². The number of carboxylic acid groups (broad SMARTS) is 1. The van der Waals surface area contributed by atoms with E-state index in [0.717, 1.165) is 4.90 Å². The predicted octanol–water partition coefficient (Wildman–Crippen LogP) is -0.373. The normalized spacial score (nSPS) is 11.5. The average molecular weight is 245 g/mol. The highest BCUT2D eigenvalue weighted by molar-refractivity contribution is 5.86. The Morgan fingerprint density at radius 1 is 1.35 bits per heavy atom. The van der Waals surface area contributed by atoms with Crippen molar-refractivity contribution in [3.8, 4) is 0 Å². The van der Waals surface area contributed by atoms with Gasteiger partial charge in [0, 0.05) is 14.1 Å². The predicted molar refractivity (Wildman–Crippen MR) is 61.6 cm³/mol. The van der Waals surface area contributed by atoms with Crippen LogP contribution in [0.25, 0.3) is 0 Å². The topological polar surface area (TPSA) is 98.7 Å². The van der Waals surface area contributed by atoms with Gasteiger partial charge in [0.05, 0.1) is 0 Å². The van der Waals surface area contributed by atoms with Crippen molar-refractivity contribution in [2.75, 3.05) is 20.6 Å². The number of hydrogen-bond donors (Lipinski definition) is 3. The smallest absolute Gasteiger partial charge is 0.326 e. The highest BCUT2D eigenvalue weighted by Gasteiger charge is 2.21. The molecule has 0 aromatic rings. The first-order valence-corrected chi connectivity index (χ1v) is 5.37. The summed E-state index contributed by atoms with van der Waals surface area (Å²) in [4.78, 5) is 34.5. The van der Waals surface area contributed by atoms with Crippen LogP contribution in [0.2, 0.25) is 0 Å². The van der Waals surface area contributed by atoms with Gasteiger partial charge < -0.3 is 20.6 Å². The molecule has 7 heteroatoms. The third-order valence-electron chi connectivity index (χ3n) is 2.18. The van der Waals surface area contributed by atoms with Crippen LogP contribution in [0, 0.1) is 0 Å². The van der Waals surface area contributed by atoms with Crippen molar-refractivity contribution in [1.29, 1.82) is 0 Å². The molecule has 0 aliphatic carbocycles. The van der Waals surface area contributed by atoms with E-state index in [2.05, 4.69) is 10.6 Å². The summed E-state index contributed by atoms with van der Waals surface area (Å²) in [6.07, 6.45) is 1.01. The van der Waals surface area contributed by atoms with E-state index in [-0.39, 0.29) is 12.5 Å². The van der Waals surface area contributed by atoms with Gasteiger partial charge in [-0.05, 0) is 6.42 Å². The van der Waals surface area contributed by atoms with E-state index in [1.54, 1.807) is 0 Å². The van der Waals surface area contributed by atoms with E-state index in [9.17, 15) is 14.4 Å². The van der Waals surface area contributed by atoms with Gasteiger partial charge >= 0.3 is 12.0 Å². The Kier molecular flexibility index (Phi) is 6.69. The minimum absolute atomic E-state index is 0.110. The van der Waals surface area contributed by atoms with Crippen molar-refractivity contribution in [1.82, 2.24) is 15.5 Å². The van der Waals surface area contributed by atoms with Gasteiger partial charge in [-0.25, -0.2) is 9.59 Å². The van der Waals surface area contributed by atoms with E-state index in [4.69, 9.17) is 5.11 Å². The summed E-state index contributed by atoms with van der Waals surface area (Å²) in [5.41, 5.74) is 0. The molecule has 3 amide bonds. The summed E-state index contributed by atoms with van der Waals surface area (Å²) in [7, 11) is 2.89. The molecular formula is C10H19N3O4. The molecule has 1 unspecified atom stereocenters. The van der Waals surface area contributed by atoms with Crippen LogP contribution in [0.3, 0.4) is 0 Å². The second-order valence-corrected chi connectivity index (χ2v) is 3.66. The van der Waals surface area contributed by atoms with Crippen LogP contribution in [-0.2, 0) is 9.59 Å². The maximum absolute atomic E-state index is 11.6. The first-order valence-electron chi connectivity index (χ1n) is 5.37. The van der Waals surface area contributed by atoms with Gasteiger partial charge in [-0.2, -0.15) is 0 Å². The van der Waals surface area contributed by atoms with Gasteiger partial charge in [-0.3, -0.25) is 4.79 Å². The van der Waals surface area contributed by atoms with Gasteiger partial charge in [-0.15, -0.1) is 0 Å². The molecule has 0 spiro atoms. The highest BCUT2D eigenvalue weighted by atomic mass is 16.4. The fourth-order valence-electron chi connectivity index (χ4n) is 1.17. The largest absolute Gasteiger partial charge is 0.480 e. The summed E-state index contributed by atoms with van der Waals surface area (Å²) < 4.78 is 0. The fraction of sp³-hybridized carbons (Fsp3) is 0.700. The van der Waals surface area contributed by atoms with E-state index in [1.807, 2.05) is 6.92 Å². The number of urea groups is 1. The lowest BCUT2D eigenvalue weighted by molar-refractivity contribution is -0.139. The zero-order valence-corrected chi connectivity index (χ0v) is 10.3. The molecule has 0 bridgehead atoms. The lowest BCUT2D eigenvalue weighted by atomic mass is 10.2. The zero-order valence-electron chi connectivity index (χ0n) is 10.3. The molecule has 98 valence electrons. The van der Waals surface area contributed by atoms with E-state index >= 15 is 0 Å². The maximum atomic E-state index is 11.6. The summed E-state index contributed by atoms with van der Waals surface area (Å²) in [5, 5.41) is 13.6. The number of carboxylic acids is 1. The van der Waals surface area contributed by atoms with Crippen LogP contribution in [0.1, 0.15) is 19.8 Å². The number of nitrogens with zero attached hydrogens (tertiary/aromatic N) is 1. The SMILES string of the molecule is CCCC(NC(=O)N(C)CC(=O)NC)C(=O)O. The van der Waals surface area contributed by atoms with Crippen molar-refractivity contribution in [2.45, 2.75) is 25.8 Å². The maximum Gasteiger partial charge on any atom is 0.326 e. The minimum atomic E-state index is -1.08. The van der Waals surface area contributed by atoms with Crippen LogP contribution >= 0.6 is 0 Å². The van der Waals surface area contributed by atoms with Crippen molar-refractivity contribution in [3.05, 3.63) is 0 Å². The number of amides is 3. The number of nitrogens with one attached hydrogen (secondary N) is 2. The monoisotopic (exact) mass is 245 g/mol. The molecule has 17 heavy (non-hydrogen) atoms. The van der Waals surface area contributed by atoms with Gasteiger partial charge in [0.2, 0.25) is 5.91 Å². The van der Waals surface area contributed by atoms with Crippen LogP contribution in [0.5, 0.6) is 0 Å². The van der Waals surface area contributed by atoms with Crippen LogP contribution in [0.4, 0.5) is 4.79 Å². The van der Waals surface area contributed by atoms with Crippen molar-refractivity contribution >= 4 is 17.9 Å². The summed E-state index contributed by atoms with van der Waals surface area (Å²) in [5.74, 6) is -1.39. The molecule has 3 N–H and O–H groups in total. The molecular weight excluding hydrogens is 226 g/mol. The fourth-order valence-corrected chi connectivity index (χ4v) is 1.17. The average Bonchev–Trinajstić information content (AvgIpc) is 2.27. The minimum Gasteiger partial charge on any atom is -0.480 e. The molecule has 0 saturated carbocycles. The molecule has 1 atom stereocenters. The Morgan fingerprint density at radius 2 is 1.94 bits per heavy atom. The Balaban J connectivity index is 4.30. The van der Waals surface area contributed by atoms with Gasteiger partial charge in [0.1, 0.15) is 12.6 Å². The number of carbonyl (C=O) groups is 3. The molecule has 0 saturated heterocycles. The second kappa shape index (κ2) is 7.48. The molecule has 0 fully saturated rings. The van der Waals surface area contributed by atoms with Crippen LogP contribution in [-0.4, -0.2) is 54.6 Å². The first-order chi connectivity index (χ1) is 7.92. The Labute approximate surface area is 100 Å². The van der Waals surface area contributed by atoms with Crippen molar-refractivity contribution in [3.63, 3.8) is 0 Å². The summed E-state index contributed by atoms with van der Waals surface area (Å²) in [6.45, 7) is 1.72. The quantitative estimate of drug-likeness (QED) is 0.594. The third kappa shape index (κ3) is 5.74. The van der Waals surface area contributed by atoms with E-state index in [1.165, 1.54) is 14.1 Å². The summed E-state index contributed by atoms with van der Waals surface area (Å²) >= 11 is 0. The summed E-state index contributed by atoms with van der Waals surface area (Å²) in [6, 6.07) is -1.49. The standard InChI is InChI=1S/C10H19N3O4/c1-4-5-7(9(15)16)12-10(17)13(3)6-8(14)11-2/h7H,4-6H2,1-3H3,(H,11,14)(H,12,17)(H,15,16). The molecule has 0 radical (unpaired) electrons. The van der Waals surface area contributed by atoms with Gasteiger partial charge in [-0.1, -0.05) is 13.3 Å². The first kappa shape index (κ1) is 15.2. The molecule has 0 aromatic heterocycles. The highest BCUT2D eigenvalue weighted by Crippen LogP contribution is 1.98. The number of carbonyl (C=O) groups excluding carboxylic acids is 2. The van der Waals surface area contributed by atoms with E-state index in [0.29, 0.717) is 12.8 Å². The number of likely N-dealkylation sites (N-methyl/N-ethyl adjacent to an activating group) is 2. The lowest BCUT2D eigenvalue weighted by Gasteiger charge is -2.20. The zero-order chi connectivity index (χ0) is 13.4. The van der Waals surface area contributed by atoms with Crippen molar-refractivity contribution in [2.24, 2.45) is 0 Å². The molecule has 0 aliphatic rings. The lowest BCUT2D eigenvalue weighted by Crippen LogP contribution is -2.48. The number of rotatable bonds is 6. The van der Waals surface area contributed by atoms with E-state index < -0.39 is 18.0 Å². The molecule has 0 aromatic carbocycles.